The summed E-state index contributed by atoms with van der Waals surface area (Å²) in [5, 5.41) is 13.6. The predicted octanol–water partition coefficient (Wildman–Crippen LogP) is 1.59. The summed E-state index contributed by atoms with van der Waals surface area (Å²) < 4.78 is 5.94. The number of ether oxygens (including phenoxy) is 1. The molecule has 0 aromatic heterocycles. The van der Waals surface area contributed by atoms with Crippen LogP contribution in [0.2, 0.25) is 0 Å². The molecule has 3 unspecified atom stereocenters. The van der Waals surface area contributed by atoms with E-state index in [-0.39, 0.29) is 29.4 Å². The molecule has 1 aromatic rings. The van der Waals surface area contributed by atoms with E-state index in [4.69, 9.17) is 10.5 Å². The number of nitrogens with two attached hydrogens (primary N) is 1. The monoisotopic (exact) mass is 357 g/mol. The second-order valence-electron chi connectivity index (χ2n) is 4.85. The molecular formula is C13H16BrN3O4. The summed E-state index contributed by atoms with van der Waals surface area (Å²) in [7, 11) is 0. The normalized spacial score (nSPS) is 24.2. The van der Waals surface area contributed by atoms with Crippen molar-refractivity contribution in [2.24, 2.45) is 5.73 Å². The van der Waals surface area contributed by atoms with E-state index in [1.54, 1.807) is 0 Å². The third kappa shape index (κ3) is 3.58. The zero-order valence-corrected chi connectivity index (χ0v) is 13.0. The van der Waals surface area contributed by atoms with E-state index in [1.165, 1.54) is 18.2 Å². The number of halogens is 1. The van der Waals surface area contributed by atoms with Crippen molar-refractivity contribution in [3.8, 4) is 0 Å². The Balaban J connectivity index is 2.11. The molecule has 0 heterocycles. The van der Waals surface area contributed by atoms with Crippen LogP contribution in [0.3, 0.4) is 0 Å². The topological polar surface area (TPSA) is 107 Å². The molecule has 3 N–H and O–H groups in total. The number of rotatable bonds is 5. The third-order valence-corrected chi connectivity index (χ3v) is 3.86. The number of nitrogens with one attached hydrogen (secondary N) is 1. The first-order valence-corrected chi connectivity index (χ1v) is 7.34. The smallest absolute Gasteiger partial charge is 0.271 e. The SMILES string of the molecule is CCOC1CC(N)C1NC(=O)c1cc(Br)cc([N+](=O)[O-])c1. The first-order chi connectivity index (χ1) is 9.92. The van der Waals surface area contributed by atoms with Gasteiger partial charge in [-0.1, -0.05) is 15.9 Å². The number of carbonyl (C=O) groups is 1. The first kappa shape index (κ1) is 15.9. The Hall–Kier alpha value is -1.51. The van der Waals surface area contributed by atoms with E-state index < -0.39 is 10.8 Å². The predicted molar refractivity (Wildman–Crippen MR) is 80.1 cm³/mol. The number of benzene rings is 1. The van der Waals surface area contributed by atoms with Crippen molar-refractivity contribution < 1.29 is 14.5 Å². The highest BCUT2D eigenvalue weighted by Gasteiger charge is 2.40. The van der Waals surface area contributed by atoms with Gasteiger partial charge in [0.05, 0.1) is 17.1 Å². The van der Waals surface area contributed by atoms with Crippen LogP contribution in [-0.2, 0) is 4.74 Å². The lowest BCUT2D eigenvalue weighted by Crippen LogP contribution is -2.64. The van der Waals surface area contributed by atoms with Crippen molar-refractivity contribution in [3.05, 3.63) is 38.3 Å². The van der Waals surface area contributed by atoms with Gasteiger partial charge in [-0.15, -0.1) is 0 Å². The Morgan fingerprint density at radius 3 is 2.86 bits per heavy atom. The number of nitro benzene ring substituents is 1. The first-order valence-electron chi connectivity index (χ1n) is 6.55. The quantitative estimate of drug-likeness (QED) is 0.614. The van der Waals surface area contributed by atoms with Crippen molar-refractivity contribution in [2.45, 2.75) is 31.5 Å². The maximum absolute atomic E-state index is 12.2. The van der Waals surface area contributed by atoms with Crippen LogP contribution in [0.5, 0.6) is 0 Å². The van der Waals surface area contributed by atoms with Gasteiger partial charge in [-0.3, -0.25) is 14.9 Å². The van der Waals surface area contributed by atoms with E-state index in [9.17, 15) is 14.9 Å². The molecule has 1 aliphatic carbocycles. The molecule has 0 aliphatic heterocycles. The Morgan fingerprint density at radius 1 is 1.57 bits per heavy atom. The van der Waals surface area contributed by atoms with Gasteiger partial charge in [0, 0.05) is 34.8 Å². The van der Waals surface area contributed by atoms with E-state index in [0.29, 0.717) is 17.5 Å². The zero-order chi connectivity index (χ0) is 15.6. The summed E-state index contributed by atoms with van der Waals surface area (Å²) in [5.74, 6) is -0.399. The number of nitrogens with zero attached hydrogens (tertiary/aromatic N) is 1. The van der Waals surface area contributed by atoms with Crippen molar-refractivity contribution in [1.29, 1.82) is 0 Å². The molecule has 0 bridgehead atoms. The minimum atomic E-state index is -0.542. The van der Waals surface area contributed by atoms with E-state index in [0.717, 1.165) is 0 Å². The average Bonchev–Trinajstić information content (AvgIpc) is 2.43. The second kappa shape index (κ2) is 6.50. The van der Waals surface area contributed by atoms with E-state index in [1.807, 2.05) is 6.92 Å². The summed E-state index contributed by atoms with van der Waals surface area (Å²) in [6.45, 7) is 2.42. The molecule has 7 nitrogen and oxygen atoms in total. The Morgan fingerprint density at radius 2 is 2.29 bits per heavy atom. The van der Waals surface area contributed by atoms with Gasteiger partial charge in [-0.2, -0.15) is 0 Å². The molecule has 8 heteroatoms. The number of nitro groups is 1. The lowest BCUT2D eigenvalue weighted by atomic mass is 9.83. The Bertz CT molecular complexity index is 564. The van der Waals surface area contributed by atoms with Gasteiger partial charge in [0.25, 0.3) is 11.6 Å². The molecule has 21 heavy (non-hydrogen) atoms. The molecule has 1 amide bonds. The van der Waals surface area contributed by atoms with Gasteiger partial charge in [-0.05, 0) is 19.4 Å². The molecule has 114 valence electrons. The number of hydrogen-bond acceptors (Lipinski definition) is 5. The molecule has 1 aliphatic rings. The minimum Gasteiger partial charge on any atom is -0.376 e. The van der Waals surface area contributed by atoms with E-state index in [2.05, 4.69) is 21.2 Å². The number of hydrogen-bond donors (Lipinski definition) is 2. The van der Waals surface area contributed by atoms with Gasteiger partial charge in [0.2, 0.25) is 0 Å². The fourth-order valence-corrected chi connectivity index (χ4v) is 2.75. The maximum Gasteiger partial charge on any atom is 0.271 e. The van der Waals surface area contributed by atoms with Crippen LogP contribution in [-0.4, -0.2) is 35.6 Å². The molecule has 0 radical (unpaired) electrons. The van der Waals surface area contributed by atoms with Crippen molar-refractivity contribution in [3.63, 3.8) is 0 Å². The minimum absolute atomic E-state index is 0.101. The largest absolute Gasteiger partial charge is 0.376 e. The van der Waals surface area contributed by atoms with Crippen LogP contribution in [0, 0.1) is 10.1 Å². The molecular weight excluding hydrogens is 342 g/mol. The number of amides is 1. The van der Waals surface area contributed by atoms with Gasteiger partial charge in [-0.25, -0.2) is 0 Å². The number of non-ortho nitro benzene ring substituents is 1. The molecule has 0 spiro atoms. The van der Waals surface area contributed by atoms with Crippen LogP contribution in [0.15, 0.2) is 22.7 Å². The Labute approximate surface area is 130 Å². The highest BCUT2D eigenvalue weighted by atomic mass is 79.9. The highest BCUT2D eigenvalue weighted by Crippen LogP contribution is 2.25. The van der Waals surface area contributed by atoms with Crippen LogP contribution in [0.4, 0.5) is 5.69 Å². The van der Waals surface area contributed by atoms with Gasteiger partial charge >= 0.3 is 0 Å². The number of carbonyl (C=O) groups excluding carboxylic acids is 1. The van der Waals surface area contributed by atoms with Crippen LogP contribution in [0.25, 0.3) is 0 Å². The highest BCUT2D eigenvalue weighted by molar-refractivity contribution is 9.10. The third-order valence-electron chi connectivity index (χ3n) is 3.40. The molecule has 1 fully saturated rings. The zero-order valence-electron chi connectivity index (χ0n) is 11.4. The van der Waals surface area contributed by atoms with Gasteiger partial charge < -0.3 is 15.8 Å². The van der Waals surface area contributed by atoms with Gasteiger partial charge in [0.1, 0.15) is 0 Å². The van der Waals surface area contributed by atoms with Crippen LogP contribution in [0.1, 0.15) is 23.7 Å². The lowest BCUT2D eigenvalue weighted by Gasteiger charge is -2.42. The van der Waals surface area contributed by atoms with Crippen LogP contribution < -0.4 is 11.1 Å². The standard InChI is InChI=1S/C13H16BrN3O4/c1-2-21-11-6-10(15)12(11)16-13(18)7-3-8(14)5-9(4-7)17(19)20/h3-5,10-12H,2,6,15H2,1H3,(H,16,18). The average molecular weight is 358 g/mol. The van der Waals surface area contributed by atoms with Crippen LogP contribution >= 0.6 is 15.9 Å². The fourth-order valence-electron chi connectivity index (χ4n) is 2.27. The summed E-state index contributed by atoms with van der Waals surface area (Å²) in [6, 6.07) is 3.68. The van der Waals surface area contributed by atoms with Crippen molar-refractivity contribution in [2.75, 3.05) is 6.61 Å². The summed E-state index contributed by atoms with van der Waals surface area (Å²) in [5.41, 5.74) is 5.93. The summed E-state index contributed by atoms with van der Waals surface area (Å²) in [4.78, 5) is 22.5. The molecule has 1 aromatic carbocycles. The second-order valence-corrected chi connectivity index (χ2v) is 5.76. The van der Waals surface area contributed by atoms with Crippen molar-refractivity contribution >= 4 is 27.5 Å². The van der Waals surface area contributed by atoms with E-state index >= 15 is 0 Å². The molecule has 0 saturated heterocycles. The fraction of sp³-hybridized carbons (Fsp3) is 0.462. The molecule has 3 atom stereocenters. The summed E-state index contributed by atoms with van der Waals surface area (Å²) >= 11 is 3.16. The summed E-state index contributed by atoms with van der Waals surface area (Å²) in [6.07, 6.45) is 0.591. The Kier molecular flexibility index (Phi) is 4.92. The van der Waals surface area contributed by atoms with Gasteiger partial charge in [0.15, 0.2) is 0 Å². The lowest BCUT2D eigenvalue weighted by molar-refractivity contribution is -0.385. The maximum atomic E-state index is 12.2. The molecule has 2 rings (SSSR count). The van der Waals surface area contributed by atoms with Crippen molar-refractivity contribution in [1.82, 2.24) is 5.32 Å². The molecule has 1 saturated carbocycles.